The number of imide groups is 1. The molecule has 45 heavy (non-hydrogen) atoms. The van der Waals surface area contributed by atoms with Gasteiger partial charge in [-0.05, 0) is 74.6 Å². The molecule has 13 heteroatoms. The fraction of sp³-hybridized carbons (Fsp3) is 0.500. The molecular weight excluding hydrogens is 606 g/mol. The number of carbonyl (C=O) groups excluding carboxylic acids is 2. The molecule has 3 amide bonds. The molecule has 2 aromatic carbocycles. The minimum atomic E-state index is -6.02. The highest BCUT2D eigenvalue weighted by molar-refractivity contribution is 6.07. The lowest BCUT2D eigenvalue weighted by Gasteiger charge is -2.33. The first kappa shape index (κ1) is 35.6. The number of urea groups is 1. The van der Waals surface area contributed by atoms with Crippen molar-refractivity contribution in [3.05, 3.63) is 58.7 Å². The van der Waals surface area contributed by atoms with Crippen LogP contribution >= 0.6 is 0 Å². The number of nitrogens with zero attached hydrogens (tertiary/aromatic N) is 1. The minimum Gasteiger partial charge on any atom is -0.491 e. The summed E-state index contributed by atoms with van der Waals surface area (Å²) < 4.78 is 93.0. The third-order valence-corrected chi connectivity index (χ3v) is 7.25. The van der Waals surface area contributed by atoms with Gasteiger partial charge in [-0.15, -0.1) is 0 Å². The van der Waals surface area contributed by atoms with Gasteiger partial charge in [0.2, 0.25) is 0 Å². The van der Waals surface area contributed by atoms with Crippen molar-refractivity contribution in [1.82, 2.24) is 10.2 Å². The standard InChI is InChI=1S/C32H36F6N2O5/c1-6-10-21-18-24(30(43,31(33,34)35)32(36,37)38)19-22(11-7-2)26(21)44-17-9-8-16-40-27(41)29(5,39-28(40)42)23-12-14-25(15-13-23)45-20(3)4/h12-15,18-20,43H,6-7,10-11,16-17H2,1-5H3,(H,39,42). The van der Waals surface area contributed by atoms with Gasteiger partial charge in [0.1, 0.15) is 23.6 Å². The summed E-state index contributed by atoms with van der Waals surface area (Å²) >= 11 is 0. The van der Waals surface area contributed by atoms with E-state index in [1.54, 1.807) is 45.0 Å². The Bertz CT molecular complexity index is 1400. The summed E-state index contributed by atoms with van der Waals surface area (Å²) in [6, 6.07) is 7.42. The zero-order chi connectivity index (χ0) is 33.8. The second-order valence-corrected chi connectivity index (χ2v) is 11.1. The van der Waals surface area contributed by atoms with Crippen molar-refractivity contribution in [1.29, 1.82) is 0 Å². The van der Waals surface area contributed by atoms with Gasteiger partial charge in [0.25, 0.3) is 11.5 Å². The number of halogens is 6. The molecule has 246 valence electrons. The Hall–Kier alpha value is -3.92. The highest BCUT2D eigenvalue weighted by atomic mass is 19.4. The number of aliphatic hydroxyl groups is 1. The van der Waals surface area contributed by atoms with Crippen molar-refractivity contribution >= 4 is 11.9 Å². The van der Waals surface area contributed by atoms with Gasteiger partial charge in [0, 0.05) is 5.56 Å². The quantitative estimate of drug-likeness (QED) is 0.165. The molecule has 1 aliphatic rings. The Kier molecular flexibility index (Phi) is 10.7. The number of rotatable bonds is 11. The third kappa shape index (κ3) is 7.32. The molecule has 0 bridgehead atoms. The summed E-state index contributed by atoms with van der Waals surface area (Å²) in [7, 11) is 0. The van der Waals surface area contributed by atoms with Crippen LogP contribution in [0, 0.1) is 11.8 Å². The maximum atomic E-state index is 13.6. The van der Waals surface area contributed by atoms with E-state index < -0.39 is 41.0 Å². The van der Waals surface area contributed by atoms with Crippen molar-refractivity contribution in [3.63, 3.8) is 0 Å². The zero-order valence-corrected chi connectivity index (χ0v) is 25.6. The van der Waals surface area contributed by atoms with Gasteiger partial charge >= 0.3 is 18.4 Å². The summed E-state index contributed by atoms with van der Waals surface area (Å²) in [4.78, 5) is 26.8. The van der Waals surface area contributed by atoms with E-state index in [1.165, 1.54) is 0 Å². The predicted molar refractivity (Wildman–Crippen MR) is 154 cm³/mol. The Balaban J connectivity index is 1.81. The van der Waals surface area contributed by atoms with Gasteiger partial charge < -0.3 is 19.9 Å². The Morgan fingerprint density at radius 3 is 1.93 bits per heavy atom. The number of benzene rings is 2. The van der Waals surface area contributed by atoms with E-state index in [4.69, 9.17) is 9.47 Å². The van der Waals surface area contributed by atoms with E-state index in [0.717, 1.165) is 4.90 Å². The summed E-state index contributed by atoms with van der Waals surface area (Å²) in [6.07, 6.45) is -11.2. The van der Waals surface area contributed by atoms with Crippen molar-refractivity contribution in [3.8, 4) is 23.3 Å². The molecule has 3 rings (SSSR count). The maximum Gasteiger partial charge on any atom is 0.430 e. The predicted octanol–water partition coefficient (Wildman–Crippen LogP) is 6.54. The SMILES string of the molecule is CCCc1cc(C(O)(C(F)(F)F)C(F)(F)F)cc(CCC)c1OCC#CCN1C(=O)NC(C)(c2ccc(OC(C)C)cc2)C1=O. The molecule has 0 saturated carbocycles. The van der Waals surface area contributed by atoms with Crippen LogP contribution in [0.4, 0.5) is 31.1 Å². The number of ether oxygens (including phenoxy) is 2. The van der Waals surface area contributed by atoms with Crippen molar-refractivity contribution in [2.24, 2.45) is 0 Å². The molecule has 7 nitrogen and oxygen atoms in total. The van der Waals surface area contributed by atoms with Gasteiger partial charge in [-0.3, -0.25) is 9.69 Å². The third-order valence-electron chi connectivity index (χ3n) is 7.25. The van der Waals surface area contributed by atoms with E-state index in [0.29, 0.717) is 36.3 Å². The number of nitrogens with one attached hydrogen (secondary N) is 1. The average molecular weight is 643 g/mol. The highest BCUT2D eigenvalue weighted by Gasteiger charge is 2.71. The monoisotopic (exact) mass is 642 g/mol. The Morgan fingerprint density at radius 1 is 0.933 bits per heavy atom. The summed E-state index contributed by atoms with van der Waals surface area (Å²) in [5.74, 6) is 5.47. The van der Waals surface area contributed by atoms with Crippen LogP contribution in [-0.4, -0.2) is 53.6 Å². The van der Waals surface area contributed by atoms with Crippen LogP contribution in [0.3, 0.4) is 0 Å². The van der Waals surface area contributed by atoms with Gasteiger partial charge in [-0.1, -0.05) is 50.7 Å². The van der Waals surface area contributed by atoms with E-state index in [-0.39, 0.29) is 49.0 Å². The van der Waals surface area contributed by atoms with Crippen LogP contribution in [-0.2, 0) is 28.8 Å². The smallest absolute Gasteiger partial charge is 0.430 e. The van der Waals surface area contributed by atoms with Crippen LogP contribution in [0.15, 0.2) is 36.4 Å². The normalized spacial score (nSPS) is 17.3. The molecule has 2 N–H and O–H groups in total. The molecule has 1 heterocycles. The number of alkyl halides is 6. The first-order valence-corrected chi connectivity index (χ1v) is 14.4. The maximum absolute atomic E-state index is 13.6. The van der Waals surface area contributed by atoms with Gasteiger partial charge in [-0.2, -0.15) is 26.3 Å². The second kappa shape index (κ2) is 13.6. The molecule has 1 fully saturated rings. The van der Waals surface area contributed by atoms with Crippen molar-refractivity contribution in [2.45, 2.75) is 89.9 Å². The van der Waals surface area contributed by atoms with Gasteiger partial charge in [0.05, 0.1) is 12.6 Å². The van der Waals surface area contributed by atoms with Crippen LogP contribution < -0.4 is 14.8 Å². The van der Waals surface area contributed by atoms with Crippen LogP contribution in [0.25, 0.3) is 0 Å². The molecule has 0 radical (unpaired) electrons. The number of aryl methyl sites for hydroxylation is 2. The van der Waals surface area contributed by atoms with Crippen LogP contribution in [0.1, 0.15) is 69.7 Å². The van der Waals surface area contributed by atoms with E-state index >= 15 is 0 Å². The van der Waals surface area contributed by atoms with Crippen LogP contribution in [0.2, 0.25) is 0 Å². The topological polar surface area (TPSA) is 88.1 Å². The second-order valence-electron chi connectivity index (χ2n) is 11.1. The molecule has 2 aromatic rings. The molecule has 0 aliphatic carbocycles. The number of amides is 3. The minimum absolute atomic E-state index is 0.0445. The number of carbonyl (C=O) groups is 2. The average Bonchev–Trinajstić information content (AvgIpc) is 3.15. The van der Waals surface area contributed by atoms with Gasteiger partial charge in [-0.25, -0.2) is 4.79 Å². The first-order valence-electron chi connectivity index (χ1n) is 14.4. The fourth-order valence-corrected chi connectivity index (χ4v) is 5.02. The summed E-state index contributed by atoms with van der Waals surface area (Å²) in [6.45, 7) is 8.08. The van der Waals surface area contributed by atoms with Crippen LogP contribution in [0.5, 0.6) is 11.5 Å². The fourth-order valence-electron chi connectivity index (χ4n) is 5.02. The lowest BCUT2D eigenvalue weighted by atomic mass is 9.87. The number of hydrogen-bond donors (Lipinski definition) is 2. The molecule has 0 spiro atoms. The molecule has 1 unspecified atom stereocenters. The Morgan fingerprint density at radius 2 is 1.47 bits per heavy atom. The van der Waals surface area contributed by atoms with E-state index in [1.807, 2.05) is 13.8 Å². The summed E-state index contributed by atoms with van der Waals surface area (Å²) in [5.41, 5.74) is -7.09. The molecule has 1 aliphatic heterocycles. The number of hydrogen-bond acceptors (Lipinski definition) is 5. The van der Waals surface area contributed by atoms with E-state index in [9.17, 15) is 41.0 Å². The van der Waals surface area contributed by atoms with E-state index in [2.05, 4.69) is 17.2 Å². The largest absolute Gasteiger partial charge is 0.491 e. The lowest BCUT2D eigenvalue weighted by Crippen LogP contribution is -2.54. The zero-order valence-electron chi connectivity index (χ0n) is 25.6. The molecule has 0 aromatic heterocycles. The molecular formula is C32H36F6N2O5. The highest BCUT2D eigenvalue weighted by Crippen LogP contribution is 2.51. The van der Waals surface area contributed by atoms with Gasteiger partial charge in [0.15, 0.2) is 0 Å². The summed E-state index contributed by atoms with van der Waals surface area (Å²) in [5, 5.41) is 12.7. The van der Waals surface area contributed by atoms with Crippen molar-refractivity contribution in [2.75, 3.05) is 13.2 Å². The first-order chi connectivity index (χ1) is 20.9. The Labute approximate surface area is 257 Å². The van der Waals surface area contributed by atoms with Crippen molar-refractivity contribution < 1.29 is 50.5 Å². The molecule has 1 saturated heterocycles. The lowest BCUT2D eigenvalue weighted by molar-refractivity contribution is -0.376. The molecule has 1 atom stereocenters.